The molecule has 3 rings (SSSR count). The topological polar surface area (TPSA) is 46.5 Å². The van der Waals surface area contributed by atoms with Crippen molar-refractivity contribution in [1.82, 2.24) is 0 Å². The molecule has 0 saturated heterocycles. The number of carbonyl (C=O) groups excluding carboxylic acids is 1. The minimum absolute atomic E-state index is 0.0345. The first kappa shape index (κ1) is 19.5. The summed E-state index contributed by atoms with van der Waals surface area (Å²) in [5.41, 5.74) is 5.16. The Hall–Kier alpha value is -3.24. The number of rotatable bonds is 6. The number of esters is 1. The fraction of sp³-hybridized carbons (Fsp3) is 0.125. The molecule has 0 heterocycles. The number of aryl methyl sites for hydroxylation is 1. The molecule has 3 aromatic carbocycles. The van der Waals surface area contributed by atoms with Crippen molar-refractivity contribution in [2.45, 2.75) is 20.1 Å². The number of aliphatic hydroxyl groups is 1. The molecule has 0 bridgehead atoms. The van der Waals surface area contributed by atoms with Crippen LogP contribution >= 0.6 is 0 Å². The van der Waals surface area contributed by atoms with Crippen LogP contribution in [0, 0.1) is 12.7 Å². The van der Waals surface area contributed by atoms with Crippen LogP contribution in [0.5, 0.6) is 0 Å². The molecule has 4 heteroatoms. The summed E-state index contributed by atoms with van der Waals surface area (Å²) in [5, 5.41) is 9.39. The highest BCUT2D eigenvalue weighted by atomic mass is 19.1. The van der Waals surface area contributed by atoms with Gasteiger partial charge in [0.05, 0.1) is 6.61 Å². The minimum Gasteiger partial charge on any atom is -0.458 e. The van der Waals surface area contributed by atoms with Gasteiger partial charge in [-0.05, 0) is 46.9 Å². The molecular weight excluding hydrogens is 355 g/mol. The van der Waals surface area contributed by atoms with E-state index in [4.69, 9.17) is 4.74 Å². The third kappa shape index (κ3) is 4.35. The van der Waals surface area contributed by atoms with Crippen molar-refractivity contribution in [3.8, 4) is 22.3 Å². The van der Waals surface area contributed by atoms with Crippen LogP contribution in [0.15, 0.2) is 73.3 Å². The largest absolute Gasteiger partial charge is 0.458 e. The lowest BCUT2D eigenvalue weighted by Gasteiger charge is -2.13. The second kappa shape index (κ2) is 8.63. The van der Waals surface area contributed by atoms with Crippen LogP contribution in [0.4, 0.5) is 4.39 Å². The summed E-state index contributed by atoms with van der Waals surface area (Å²) in [6, 6.07) is 18.1. The van der Waals surface area contributed by atoms with Gasteiger partial charge in [-0.1, -0.05) is 60.7 Å². The van der Waals surface area contributed by atoms with E-state index < -0.39 is 5.97 Å². The Bertz CT molecular complexity index is 1010. The zero-order valence-corrected chi connectivity index (χ0v) is 15.6. The predicted octanol–water partition coefficient (Wildman–Crippen LogP) is 5.19. The number of aliphatic hydroxyl groups excluding tert-OH is 1. The quantitative estimate of drug-likeness (QED) is 0.476. The lowest BCUT2D eigenvalue weighted by molar-refractivity contribution is -0.138. The molecule has 0 aliphatic rings. The molecule has 28 heavy (non-hydrogen) atoms. The van der Waals surface area contributed by atoms with E-state index in [9.17, 15) is 14.3 Å². The van der Waals surface area contributed by atoms with Crippen LogP contribution in [0.3, 0.4) is 0 Å². The normalized spacial score (nSPS) is 10.5. The van der Waals surface area contributed by atoms with Crippen molar-refractivity contribution in [2.75, 3.05) is 0 Å². The lowest BCUT2D eigenvalue weighted by atomic mass is 9.95. The number of benzene rings is 3. The molecular formula is C24H21FO3. The Kier molecular flexibility index (Phi) is 6.02. The molecule has 0 aliphatic carbocycles. The summed E-state index contributed by atoms with van der Waals surface area (Å²) < 4.78 is 20.1. The second-order valence-electron chi connectivity index (χ2n) is 6.52. The van der Waals surface area contributed by atoms with Gasteiger partial charge in [-0.25, -0.2) is 9.18 Å². The molecule has 0 fully saturated rings. The number of hydrogen-bond donors (Lipinski definition) is 1. The van der Waals surface area contributed by atoms with E-state index in [0.717, 1.165) is 22.8 Å². The van der Waals surface area contributed by atoms with Crippen molar-refractivity contribution in [3.63, 3.8) is 0 Å². The molecule has 0 aliphatic heterocycles. The number of ether oxygens (including phenoxy) is 1. The predicted molar refractivity (Wildman–Crippen MR) is 108 cm³/mol. The van der Waals surface area contributed by atoms with Gasteiger partial charge in [0.2, 0.25) is 0 Å². The standard InChI is InChI=1S/C24H21FO3/c1-3-24(27)28-15-20-12-17(14-26)6-10-21(20)22-11-9-19(13-23(22)25)18-7-4-16(2)5-8-18/h3-13,26H,1,14-15H2,2H3. The van der Waals surface area contributed by atoms with E-state index in [1.54, 1.807) is 24.3 Å². The van der Waals surface area contributed by atoms with E-state index in [1.807, 2.05) is 37.3 Å². The highest BCUT2D eigenvalue weighted by molar-refractivity contribution is 5.81. The van der Waals surface area contributed by atoms with Crippen LogP contribution in [0.2, 0.25) is 0 Å². The molecule has 142 valence electrons. The molecule has 0 amide bonds. The summed E-state index contributed by atoms with van der Waals surface area (Å²) in [6.45, 7) is 5.19. The molecule has 3 nitrogen and oxygen atoms in total. The monoisotopic (exact) mass is 376 g/mol. The Morgan fingerprint density at radius 3 is 2.36 bits per heavy atom. The smallest absolute Gasteiger partial charge is 0.330 e. The molecule has 0 radical (unpaired) electrons. The van der Waals surface area contributed by atoms with Gasteiger partial charge in [-0.3, -0.25) is 0 Å². The van der Waals surface area contributed by atoms with Gasteiger partial charge in [-0.2, -0.15) is 0 Å². The summed E-state index contributed by atoms with van der Waals surface area (Å²) in [5.74, 6) is -0.929. The van der Waals surface area contributed by atoms with Gasteiger partial charge >= 0.3 is 5.97 Å². The third-order valence-corrected chi connectivity index (χ3v) is 4.53. The maximum absolute atomic E-state index is 15.0. The highest BCUT2D eigenvalue weighted by Gasteiger charge is 2.13. The van der Waals surface area contributed by atoms with Gasteiger partial charge in [0.1, 0.15) is 12.4 Å². The maximum Gasteiger partial charge on any atom is 0.330 e. The zero-order chi connectivity index (χ0) is 20.1. The Balaban J connectivity index is 1.99. The summed E-state index contributed by atoms with van der Waals surface area (Å²) >= 11 is 0. The molecule has 0 saturated carbocycles. The average Bonchev–Trinajstić information content (AvgIpc) is 2.72. The Morgan fingerprint density at radius 1 is 1.04 bits per heavy atom. The second-order valence-corrected chi connectivity index (χ2v) is 6.52. The van der Waals surface area contributed by atoms with E-state index in [-0.39, 0.29) is 19.0 Å². The van der Waals surface area contributed by atoms with Crippen LogP contribution < -0.4 is 0 Å². The van der Waals surface area contributed by atoms with Crippen LogP contribution in [-0.4, -0.2) is 11.1 Å². The van der Waals surface area contributed by atoms with E-state index in [0.29, 0.717) is 22.3 Å². The molecule has 0 atom stereocenters. The maximum atomic E-state index is 15.0. The fourth-order valence-corrected chi connectivity index (χ4v) is 2.99. The van der Waals surface area contributed by atoms with Crippen LogP contribution in [0.1, 0.15) is 16.7 Å². The Morgan fingerprint density at radius 2 is 1.71 bits per heavy atom. The first-order valence-corrected chi connectivity index (χ1v) is 8.90. The zero-order valence-electron chi connectivity index (χ0n) is 15.6. The van der Waals surface area contributed by atoms with Crippen molar-refractivity contribution in [2.24, 2.45) is 0 Å². The van der Waals surface area contributed by atoms with Gasteiger partial charge in [0.15, 0.2) is 0 Å². The van der Waals surface area contributed by atoms with Gasteiger partial charge in [-0.15, -0.1) is 0 Å². The van der Waals surface area contributed by atoms with Gasteiger partial charge in [0.25, 0.3) is 0 Å². The van der Waals surface area contributed by atoms with Gasteiger partial charge in [0, 0.05) is 11.6 Å². The summed E-state index contributed by atoms with van der Waals surface area (Å²) in [4.78, 5) is 11.4. The molecule has 0 spiro atoms. The van der Waals surface area contributed by atoms with E-state index in [1.165, 1.54) is 6.07 Å². The molecule has 1 N–H and O–H groups in total. The number of hydrogen-bond acceptors (Lipinski definition) is 3. The minimum atomic E-state index is -0.560. The van der Waals surface area contributed by atoms with Crippen LogP contribution in [-0.2, 0) is 22.7 Å². The summed E-state index contributed by atoms with van der Waals surface area (Å²) in [6.07, 6.45) is 1.08. The highest BCUT2D eigenvalue weighted by Crippen LogP contribution is 2.31. The van der Waals surface area contributed by atoms with Crippen molar-refractivity contribution in [1.29, 1.82) is 0 Å². The molecule has 0 unspecified atom stereocenters. The summed E-state index contributed by atoms with van der Waals surface area (Å²) in [7, 11) is 0. The Labute approximate surface area is 163 Å². The third-order valence-electron chi connectivity index (χ3n) is 4.53. The SMILES string of the molecule is C=CC(=O)OCc1cc(CO)ccc1-c1ccc(-c2ccc(C)cc2)cc1F. The van der Waals surface area contributed by atoms with E-state index >= 15 is 0 Å². The lowest BCUT2D eigenvalue weighted by Crippen LogP contribution is -2.03. The molecule has 0 aromatic heterocycles. The van der Waals surface area contributed by atoms with Crippen molar-refractivity contribution >= 4 is 5.97 Å². The fourth-order valence-electron chi connectivity index (χ4n) is 2.99. The van der Waals surface area contributed by atoms with Crippen molar-refractivity contribution in [3.05, 3.63) is 95.8 Å². The number of carbonyl (C=O) groups is 1. The van der Waals surface area contributed by atoms with Crippen LogP contribution in [0.25, 0.3) is 22.3 Å². The first-order chi connectivity index (χ1) is 13.5. The van der Waals surface area contributed by atoms with Crippen molar-refractivity contribution < 1.29 is 19.0 Å². The molecule has 3 aromatic rings. The average molecular weight is 376 g/mol. The van der Waals surface area contributed by atoms with Gasteiger partial charge < -0.3 is 9.84 Å². The first-order valence-electron chi connectivity index (χ1n) is 8.90. The van der Waals surface area contributed by atoms with E-state index in [2.05, 4.69) is 6.58 Å². The number of halogens is 1.